The topological polar surface area (TPSA) is 43.4 Å². The van der Waals surface area contributed by atoms with E-state index in [2.05, 4.69) is 0 Å². The van der Waals surface area contributed by atoms with Gasteiger partial charge in [-0.1, -0.05) is 11.6 Å². The SMILES string of the molecule is CC(=O)C(=O)c1ccc(Cl)c(OC(C)C)c1. The molecule has 0 unspecified atom stereocenters. The first-order chi connectivity index (χ1) is 7.41. The number of hydrogen-bond acceptors (Lipinski definition) is 3. The monoisotopic (exact) mass is 240 g/mol. The highest BCUT2D eigenvalue weighted by molar-refractivity contribution is 6.43. The van der Waals surface area contributed by atoms with E-state index in [1.165, 1.54) is 19.1 Å². The van der Waals surface area contributed by atoms with Crippen LogP contribution in [0, 0.1) is 0 Å². The molecule has 1 rings (SSSR count). The normalized spacial score (nSPS) is 10.3. The van der Waals surface area contributed by atoms with E-state index in [1.54, 1.807) is 6.07 Å². The zero-order valence-electron chi connectivity index (χ0n) is 9.41. The number of hydrogen-bond donors (Lipinski definition) is 0. The van der Waals surface area contributed by atoms with E-state index < -0.39 is 11.6 Å². The van der Waals surface area contributed by atoms with E-state index in [9.17, 15) is 9.59 Å². The minimum Gasteiger partial charge on any atom is -0.489 e. The van der Waals surface area contributed by atoms with Gasteiger partial charge in [0.05, 0.1) is 11.1 Å². The Morgan fingerprint density at radius 1 is 1.31 bits per heavy atom. The molecule has 1 aromatic carbocycles. The maximum Gasteiger partial charge on any atom is 0.228 e. The van der Waals surface area contributed by atoms with Gasteiger partial charge >= 0.3 is 0 Å². The summed E-state index contributed by atoms with van der Waals surface area (Å²) in [5.41, 5.74) is 0.299. The third-order valence-electron chi connectivity index (χ3n) is 1.88. The number of ketones is 2. The minimum absolute atomic E-state index is 0.0415. The lowest BCUT2D eigenvalue weighted by atomic mass is 10.1. The van der Waals surface area contributed by atoms with Crippen LogP contribution in [0.25, 0.3) is 0 Å². The van der Waals surface area contributed by atoms with Crippen LogP contribution in [0.15, 0.2) is 18.2 Å². The van der Waals surface area contributed by atoms with E-state index in [0.717, 1.165) is 0 Å². The van der Waals surface area contributed by atoms with Crippen molar-refractivity contribution < 1.29 is 14.3 Å². The second-order valence-electron chi connectivity index (χ2n) is 3.70. The van der Waals surface area contributed by atoms with Gasteiger partial charge in [-0.2, -0.15) is 0 Å². The van der Waals surface area contributed by atoms with Gasteiger partial charge in [-0.3, -0.25) is 9.59 Å². The molecule has 0 bridgehead atoms. The van der Waals surface area contributed by atoms with Crippen molar-refractivity contribution in [3.8, 4) is 5.75 Å². The van der Waals surface area contributed by atoms with Crippen molar-refractivity contribution in [2.24, 2.45) is 0 Å². The predicted octanol–water partition coefficient (Wildman–Crippen LogP) is 2.90. The molecule has 0 heterocycles. The molecule has 0 fully saturated rings. The largest absolute Gasteiger partial charge is 0.489 e. The number of halogens is 1. The first kappa shape index (κ1) is 12.7. The first-order valence-electron chi connectivity index (χ1n) is 4.93. The smallest absolute Gasteiger partial charge is 0.228 e. The molecule has 0 aromatic heterocycles. The van der Waals surface area contributed by atoms with E-state index in [4.69, 9.17) is 16.3 Å². The number of benzene rings is 1. The molecule has 0 aliphatic carbocycles. The Morgan fingerprint density at radius 2 is 1.94 bits per heavy atom. The summed E-state index contributed by atoms with van der Waals surface area (Å²) >= 11 is 5.90. The van der Waals surface area contributed by atoms with Crippen molar-refractivity contribution in [2.75, 3.05) is 0 Å². The Labute approximate surface area is 99.4 Å². The van der Waals surface area contributed by atoms with E-state index in [1.807, 2.05) is 13.8 Å². The van der Waals surface area contributed by atoms with Crippen LogP contribution < -0.4 is 4.74 Å². The van der Waals surface area contributed by atoms with Crippen molar-refractivity contribution >= 4 is 23.2 Å². The molecule has 0 radical (unpaired) electrons. The average molecular weight is 241 g/mol. The van der Waals surface area contributed by atoms with Crippen molar-refractivity contribution in [3.63, 3.8) is 0 Å². The number of carbonyl (C=O) groups is 2. The summed E-state index contributed by atoms with van der Waals surface area (Å²) in [6.07, 6.45) is -0.0415. The maximum atomic E-state index is 11.4. The van der Waals surface area contributed by atoms with Crippen LogP contribution in [0.1, 0.15) is 31.1 Å². The van der Waals surface area contributed by atoms with E-state index in [0.29, 0.717) is 16.3 Å². The fourth-order valence-electron chi connectivity index (χ4n) is 1.19. The second-order valence-corrected chi connectivity index (χ2v) is 4.10. The van der Waals surface area contributed by atoms with Crippen LogP contribution >= 0.6 is 11.6 Å². The van der Waals surface area contributed by atoms with Gasteiger partial charge in [-0.15, -0.1) is 0 Å². The van der Waals surface area contributed by atoms with Gasteiger partial charge in [-0.25, -0.2) is 0 Å². The molecule has 0 aliphatic rings. The number of rotatable bonds is 4. The molecule has 0 saturated carbocycles. The molecule has 3 nitrogen and oxygen atoms in total. The molecule has 86 valence electrons. The standard InChI is InChI=1S/C12H13ClO3/c1-7(2)16-11-6-9(4-5-10(11)13)12(15)8(3)14/h4-7H,1-3H3. The summed E-state index contributed by atoms with van der Waals surface area (Å²) in [5.74, 6) is -0.619. The molecular weight excluding hydrogens is 228 g/mol. The highest BCUT2D eigenvalue weighted by atomic mass is 35.5. The van der Waals surface area contributed by atoms with E-state index in [-0.39, 0.29) is 6.10 Å². The third-order valence-corrected chi connectivity index (χ3v) is 2.19. The molecule has 0 N–H and O–H groups in total. The summed E-state index contributed by atoms with van der Waals surface area (Å²) in [5, 5.41) is 0.425. The van der Waals surface area contributed by atoms with Gasteiger partial charge < -0.3 is 4.74 Å². The Bertz CT molecular complexity index is 424. The molecule has 0 amide bonds. The minimum atomic E-state index is -0.537. The van der Waals surface area contributed by atoms with E-state index >= 15 is 0 Å². The molecule has 4 heteroatoms. The summed E-state index contributed by atoms with van der Waals surface area (Å²) in [7, 11) is 0. The fourth-order valence-corrected chi connectivity index (χ4v) is 1.35. The lowest BCUT2D eigenvalue weighted by Gasteiger charge is -2.11. The van der Waals surface area contributed by atoms with Gasteiger partial charge in [0.1, 0.15) is 5.75 Å². The molecule has 0 saturated heterocycles. The van der Waals surface area contributed by atoms with Gasteiger partial charge in [0, 0.05) is 12.5 Å². The molecule has 0 aliphatic heterocycles. The van der Waals surface area contributed by atoms with Gasteiger partial charge in [0.25, 0.3) is 0 Å². The molecule has 0 spiro atoms. The Morgan fingerprint density at radius 3 is 2.44 bits per heavy atom. The highest BCUT2D eigenvalue weighted by Gasteiger charge is 2.14. The van der Waals surface area contributed by atoms with Crippen LogP contribution in [-0.2, 0) is 4.79 Å². The summed E-state index contributed by atoms with van der Waals surface area (Å²) < 4.78 is 5.42. The average Bonchev–Trinajstić information content (AvgIpc) is 2.19. The molecule has 1 aromatic rings. The summed E-state index contributed by atoms with van der Waals surface area (Å²) in [6.45, 7) is 4.95. The van der Waals surface area contributed by atoms with Crippen molar-refractivity contribution in [1.82, 2.24) is 0 Å². The molecule has 16 heavy (non-hydrogen) atoms. The van der Waals surface area contributed by atoms with Crippen molar-refractivity contribution in [3.05, 3.63) is 28.8 Å². The quantitative estimate of drug-likeness (QED) is 0.600. The second kappa shape index (κ2) is 5.12. The Hall–Kier alpha value is -1.35. The van der Waals surface area contributed by atoms with Crippen LogP contribution in [0.4, 0.5) is 0 Å². The zero-order chi connectivity index (χ0) is 12.3. The van der Waals surface area contributed by atoms with Crippen LogP contribution in [0.3, 0.4) is 0 Å². The van der Waals surface area contributed by atoms with Crippen LogP contribution in [-0.4, -0.2) is 17.7 Å². The Balaban J connectivity index is 3.07. The fraction of sp³-hybridized carbons (Fsp3) is 0.333. The predicted molar refractivity (Wildman–Crippen MR) is 62.2 cm³/mol. The van der Waals surface area contributed by atoms with Gasteiger partial charge in [-0.05, 0) is 32.0 Å². The number of carbonyl (C=O) groups excluding carboxylic acids is 2. The lowest BCUT2D eigenvalue weighted by Crippen LogP contribution is -2.11. The van der Waals surface area contributed by atoms with Gasteiger partial charge in [0.2, 0.25) is 5.78 Å². The number of ether oxygens (including phenoxy) is 1. The first-order valence-corrected chi connectivity index (χ1v) is 5.31. The number of Topliss-reactive ketones (excluding diaryl/α,β-unsaturated/α-hetero) is 2. The molecule has 0 atom stereocenters. The Kier molecular flexibility index (Phi) is 4.07. The zero-order valence-corrected chi connectivity index (χ0v) is 10.2. The van der Waals surface area contributed by atoms with Gasteiger partial charge in [0.15, 0.2) is 5.78 Å². The van der Waals surface area contributed by atoms with Crippen molar-refractivity contribution in [2.45, 2.75) is 26.9 Å². The summed E-state index contributed by atoms with van der Waals surface area (Å²) in [4.78, 5) is 22.4. The van der Waals surface area contributed by atoms with Crippen LogP contribution in [0.2, 0.25) is 5.02 Å². The highest BCUT2D eigenvalue weighted by Crippen LogP contribution is 2.26. The van der Waals surface area contributed by atoms with Crippen LogP contribution in [0.5, 0.6) is 5.75 Å². The molecular formula is C12H13ClO3. The third kappa shape index (κ3) is 3.07. The van der Waals surface area contributed by atoms with Crippen molar-refractivity contribution in [1.29, 1.82) is 0 Å². The summed E-state index contributed by atoms with van der Waals surface area (Å²) in [6, 6.07) is 4.56. The lowest BCUT2D eigenvalue weighted by molar-refractivity contribution is -0.113. The maximum absolute atomic E-state index is 11.4.